The highest BCUT2D eigenvalue weighted by Crippen LogP contribution is 2.34. The molecule has 0 unspecified atom stereocenters. The molecule has 0 bridgehead atoms. The number of halogens is 2. The molecule has 3 rings (SSSR count). The molecule has 0 radical (unpaired) electrons. The number of ether oxygens (including phenoxy) is 1. The van der Waals surface area contributed by atoms with Crippen molar-refractivity contribution in [3.05, 3.63) is 69.3 Å². The van der Waals surface area contributed by atoms with E-state index in [0.29, 0.717) is 11.3 Å². The van der Waals surface area contributed by atoms with E-state index in [0.717, 1.165) is 16.7 Å². The molecule has 0 N–H and O–H groups in total. The van der Waals surface area contributed by atoms with Gasteiger partial charge in [-0.05, 0) is 47.7 Å². The van der Waals surface area contributed by atoms with E-state index in [1.807, 2.05) is 0 Å². The van der Waals surface area contributed by atoms with Gasteiger partial charge in [0.15, 0.2) is 0 Å². The van der Waals surface area contributed by atoms with Gasteiger partial charge in [0.2, 0.25) is 0 Å². The van der Waals surface area contributed by atoms with Gasteiger partial charge in [-0.1, -0.05) is 29.8 Å². The van der Waals surface area contributed by atoms with Crippen LogP contribution in [0.15, 0.2) is 47.4 Å². The first kappa shape index (κ1) is 19.1. The normalized spacial score (nSPS) is 15.5. The van der Waals surface area contributed by atoms with Crippen LogP contribution < -0.4 is 4.74 Å². The van der Waals surface area contributed by atoms with E-state index < -0.39 is 22.9 Å². The minimum Gasteiger partial charge on any atom is -0.427 e. The first-order chi connectivity index (χ1) is 12.8. The lowest BCUT2D eigenvalue weighted by Crippen LogP contribution is -2.28. The molecule has 2 aromatic rings. The van der Waals surface area contributed by atoms with Crippen molar-refractivity contribution in [3.63, 3.8) is 0 Å². The summed E-state index contributed by atoms with van der Waals surface area (Å²) in [6.45, 7) is 1.06. The predicted molar refractivity (Wildman–Crippen MR) is 101 cm³/mol. The minimum absolute atomic E-state index is 0.0912. The number of imide groups is 1. The monoisotopic (exact) mass is 405 g/mol. The number of carbonyl (C=O) groups is 3. The summed E-state index contributed by atoms with van der Waals surface area (Å²) in [5.74, 6) is -1.16. The first-order valence-corrected chi connectivity index (χ1v) is 9.01. The fourth-order valence-corrected chi connectivity index (χ4v) is 3.49. The van der Waals surface area contributed by atoms with Crippen LogP contribution in [0.25, 0.3) is 6.08 Å². The van der Waals surface area contributed by atoms with Gasteiger partial charge in [-0.15, -0.1) is 0 Å². The van der Waals surface area contributed by atoms with Crippen LogP contribution >= 0.6 is 23.4 Å². The van der Waals surface area contributed by atoms with Crippen LogP contribution in [-0.2, 0) is 16.1 Å². The molecule has 0 aromatic heterocycles. The molecular weight excluding hydrogens is 393 g/mol. The van der Waals surface area contributed by atoms with Crippen molar-refractivity contribution < 1.29 is 23.5 Å². The molecule has 0 spiro atoms. The molecule has 8 heteroatoms. The zero-order valence-corrected chi connectivity index (χ0v) is 15.6. The third kappa shape index (κ3) is 4.37. The fraction of sp³-hybridized carbons (Fsp3) is 0.105. The Morgan fingerprint density at radius 3 is 2.56 bits per heavy atom. The Kier molecular flexibility index (Phi) is 5.62. The summed E-state index contributed by atoms with van der Waals surface area (Å²) in [6.07, 6.45) is 1.55. The highest BCUT2D eigenvalue weighted by Gasteiger charge is 2.35. The zero-order chi connectivity index (χ0) is 19.6. The third-order valence-corrected chi connectivity index (χ3v) is 4.95. The summed E-state index contributed by atoms with van der Waals surface area (Å²) in [6, 6.07) is 10.6. The van der Waals surface area contributed by atoms with E-state index in [9.17, 15) is 18.8 Å². The van der Waals surface area contributed by atoms with Crippen LogP contribution in [0.3, 0.4) is 0 Å². The summed E-state index contributed by atoms with van der Waals surface area (Å²) in [5.41, 5.74) is 0.744. The van der Waals surface area contributed by atoms with E-state index in [1.165, 1.54) is 25.1 Å². The van der Waals surface area contributed by atoms with Gasteiger partial charge in [-0.3, -0.25) is 19.3 Å². The molecule has 2 amide bonds. The maximum Gasteiger partial charge on any atom is 0.308 e. The summed E-state index contributed by atoms with van der Waals surface area (Å²) in [4.78, 5) is 36.8. The molecule has 138 valence electrons. The van der Waals surface area contributed by atoms with Crippen molar-refractivity contribution in [1.29, 1.82) is 0 Å². The number of hydrogen-bond acceptors (Lipinski definition) is 5. The highest BCUT2D eigenvalue weighted by molar-refractivity contribution is 8.18. The van der Waals surface area contributed by atoms with Crippen molar-refractivity contribution in [2.24, 2.45) is 0 Å². The maximum atomic E-state index is 13.9. The first-order valence-electron chi connectivity index (χ1n) is 7.82. The summed E-state index contributed by atoms with van der Waals surface area (Å²) < 4.78 is 18.9. The van der Waals surface area contributed by atoms with Gasteiger partial charge in [-0.2, -0.15) is 0 Å². The van der Waals surface area contributed by atoms with Crippen LogP contribution in [0, 0.1) is 5.82 Å². The van der Waals surface area contributed by atoms with Gasteiger partial charge < -0.3 is 4.74 Å². The van der Waals surface area contributed by atoms with Crippen LogP contribution in [0.5, 0.6) is 5.75 Å². The van der Waals surface area contributed by atoms with Gasteiger partial charge in [-0.25, -0.2) is 4.39 Å². The Hall–Kier alpha value is -2.64. The second kappa shape index (κ2) is 7.94. The van der Waals surface area contributed by atoms with E-state index in [1.54, 1.807) is 30.3 Å². The molecule has 1 aliphatic rings. The third-order valence-electron chi connectivity index (χ3n) is 3.69. The molecular formula is C19H13ClFNO4S. The number of amides is 2. The van der Waals surface area contributed by atoms with E-state index in [4.69, 9.17) is 16.3 Å². The van der Waals surface area contributed by atoms with Gasteiger partial charge in [0, 0.05) is 17.5 Å². The average Bonchev–Trinajstić information content (AvgIpc) is 2.86. The Labute approximate surface area is 163 Å². The molecule has 1 fully saturated rings. The highest BCUT2D eigenvalue weighted by atomic mass is 35.5. The van der Waals surface area contributed by atoms with Crippen LogP contribution in [0.1, 0.15) is 18.1 Å². The molecule has 0 atom stereocenters. The van der Waals surface area contributed by atoms with Gasteiger partial charge in [0.25, 0.3) is 11.1 Å². The summed E-state index contributed by atoms with van der Waals surface area (Å²) >= 11 is 6.74. The Balaban J connectivity index is 1.79. The number of benzene rings is 2. The molecule has 0 saturated carbocycles. The minimum atomic E-state index is -0.577. The molecule has 1 saturated heterocycles. The number of rotatable bonds is 4. The second-order valence-corrected chi connectivity index (χ2v) is 7.03. The number of carbonyl (C=O) groups excluding carboxylic acids is 3. The van der Waals surface area contributed by atoms with Crippen molar-refractivity contribution in [2.45, 2.75) is 13.5 Å². The molecule has 1 heterocycles. The second-order valence-electron chi connectivity index (χ2n) is 5.63. The lowest BCUT2D eigenvalue weighted by molar-refractivity contribution is -0.131. The quantitative estimate of drug-likeness (QED) is 0.421. The molecule has 0 aliphatic carbocycles. The van der Waals surface area contributed by atoms with Gasteiger partial charge in [0.1, 0.15) is 11.6 Å². The SMILES string of the molecule is CC(=O)Oc1ccc(/C=C2/SC(=O)N(Cc3c(F)cccc3Cl)C2=O)cc1. The topological polar surface area (TPSA) is 63.7 Å². The standard InChI is InChI=1S/C19H13ClFNO4S/c1-11(23)26-13-7-5-12(6-8-13)9-17-18(24)22(19(25)27-17)10-14-15(20)3-2-4-16(14)21/h2-9H,10H2,1H3/b17-9+. The predicted octanol–water partition coefficient (Wildman–Crippen LogP) is 4.64. The lowest BCUT2D eigenvalue weighted by atomic mass is 10.2. The van der Waals surface area contributed by atoms with Gasteiger partial charge in [0.05, 0.1) is 11.4 Å². The number of hydrogen-bond donors (Lipinski definition) is 0. The number of thioether (sulfide) groups is 1. The lowest BCUT2D eigenvalue weighted by Gasteiger charge is -2.14. The van der Waals surface area contributed by atoms with E-state index in [-0.39, 0.29) is 22.0 Å². The summed E-state index contributed by atoms with van der Waals surface area (Å²) in [5, 5.41) is -0.346. The van der Waals surface area contributed by atoms with Gasteiger partial charge >= 0.3 is 5.97 Å². The Morgan fingerprint density at radius 2 is 1.93 bits per heavy atom. The summed E-state index contributed by atoms with van der Waals surface area (Å²) in [7, 11) is 0. The zero-order valence-electron chi connectivity index (χ0n) is 14.1. The smallest absolute Gasteiger partial charge is 0.308 e. The van der Waals surface area contributed by atoms with Crippen molar-refractivity contribution in [2.75, 3.05) is 0 Å². The molecule has 2 aromatic carbocycles. The largest absolute Gasteiger partial charge is 0.427 e. The van der Waals surface area contributed by atoms with Crippen molar-refractivity contribution in [1.82, 2.24) is 4.90 Å². The Bertz CT molecular complexity index is 938. The molecule has 1 aliphatic heterocycles. The van der Waals surface area contributed by atoms with Crippen molar-refractivity contribution in [3.8, 4) is 5.75 Å². The molecule has 27 heavy (non-hydrogen) atoms. The van der Waals surface area contributed by atoms with Crippen LogP contribution in [0.2, 0.25) is 5.02 Å². The van der Waals surface area contributed by atoms with E-state index >= 15 is 0 Å². The van der Waals surface area contributed by atoms with E-state index in [2.05, 4.69) is 0 Å². The Morgan fingerprint density at radius 1 is 1.22 bits per heavy atom. The molecule has 5 nitrogen and oxygen atoms in total. The maximum absolute atomic E-state index is 13.9. The van der Waals surface area contributed by atoms with Crippen LogP contribution in [0.4, 0.5) is 9.18 Å². The average molecular weight is 406 g/mol. The van der Waals surface area contributed by atoms with Crippen molar-refractivity contribution >= 4 is 46.6 Å². The number of esters is 1. The van der Waals surface area contributed by atoms with Crippen LogP contribution in [-0.4, -0.2) is 22.0 Å². The number of nitrogens with zero attached hydrogens (tertiary/aromatic N) is 1. The fourth-order valence-electron chi connectivity index (χ4n) is 2.43.